The number of carbonyl (C=O) groups excluding carboxylic acids is 1. The zero-order valence-corrected chi connectivity index (χ0v) is 18.5. The number of nitrogens with one attached hydrogen (secondary N) is 1. The summed E-state index contributed by atoms with van der Waals surface area (Å²) in [4.78, 5) is 12.4. The molecular weight excluding hydrogens is 453 g/mol. The van der Waals surface area contributed by atoms with Gasteiger partial charge < -0.3 is 19.5 Å². The Morgan fingerprint density at radius 2 is 1.76 bits per heavy atom. The zero-order valence-electron chi connectivity index (χ0n) is 15.4. The van der Waals surface area contributed by atoms with Crippen molar-refractivity contribution in [2.24, 2.45) is 0 Å². The highest BCUT2D eigenvalue weighted by Gasteiger charge is 2.22. The van der Waals surface area contributed by atoms with Gasteiger partial charge in [-0.05, 0) is 48.9 Å². The minimum atomic E-state index is -0.198. The minimum absolute atomic E-state index is 0.198. The van der Waals surface area contributed by atoms with E-state index in [-0.39, 0.29) is 5.91 Å². The van der Waals surface area contributed by atoms with Gasteiger partial charge >= 0.3 is 0 Å². The second-order valence-corrected chi connectivity index (χ2v) is 8.33. The van der Waals surface area contributed by atoms with Crippen molar-refractivity contribution in [1.29, 1.82) is 0 Å². The molecule has 1 heterocycles. The molecule has 0 atom stereocenters. The second-order valence-electron chi connectivity index (χ2n) is 5.76. The van der Waals surface area contributed by atoms with Crippen LogP contribution in [0.4, 0.5) is 0 Å². The van der Waals surface area contributed by atoms with Crippen molar-refractivity contribution in [3.8, 4) is 17.2 Å². The van der Waals surface area contributed by atoms with Crippen LogP contribution in [0.15, 0.2) is 41.3 Å². The summed E-state index contributed by atoms with van der Waals surface area (Å²) in [6, 6.07) is 10.5. The first-order valence-corrected chi connectivity index (χ1v) is 10.7. The maximum atomic E-state index is 11.8. The second kappa shape index (κ2) is 10.2. The van der Waals surface area contributed by atoms with Gasteiger partial charge in [-0.25, -0.2) is 0 Å². The molecule has 3 rings (SSSR count). The monoisotopic (exact) mass is 469 g/mol. The Morgan fingerprint density at radius 3 is 2.41 bits per heavy atom. The van der Waals surface area contributed by atoms with Crippen LogP contribution in [0, 0.1) is 0 Å². The summed E-state index contributed by atoms with van der Waals surface area (Å²) in [6.07, 6.45) is 1.76. The maximum absolute atomic E-state index is 11.8. The summed E-state index contributed by atoms with van der Waals surface area (Å²) in [5, 5.41) is 3.58. The quantitative estimate of drug-likeness (QED) is 0.320. The lowest BCUT2D eigenvalue weighted by molar-refractivity contribution is -0.115. The van der Waals surface area contributed by atoms with Crippen molar-refractivity contribution in [2.75, 3.05) is 19.8 Å². The van der Waals surface area contributed by atoms with Crippen LogP contribution in [0.3, 0.4) is 0 Å². The maximum Gasteiger partial charge on any atom is 0.263 e. The first kappa shape index (κ1) is 21.8. The van der Waals surface area contributed by atoms with Gasteiger partial charge in [-0.1, -0.05) is 53.2 Å². The van der Waals surface area contributed by atoms with Crippen LogP contribution in [0.2, 0.25) is 10.0 Å². The van der Waals surface area contributed by atoms with Crippen molar-refractivity contribution >= 4 is 63.5 Å². The first-order valence-electron chi connectivity index (χ1n) is 8.68. The van der Waals surface area contributed by atoms with Crippen molar-refractivity contribution in [2.45, 2.75) is 6.92 Å². The summed E-state index contributed by atoms with van der Waals surface area (Å²) >= 11 is 18.2. The number of thiocarbonyl (C=S) groups is 1. The molecule has 0 spiro atoms. The van der Waals surface area contributed by atoms with Crippen LogP contribution in [0.5, 0.6) is 17.2 Å². The molecule has 1 fully saturated rings. The van der Waals surface area contributed by atoms with Gasteiger partial charge in [0.2, 0.25) is 0 Å². The van der Waals surface area contributed by atoms with E-state index in [9.17, 15) is 4.79 Å². The molecular formula is C20H17Cl2NO4S2. The Labute approximate surface area is 188 Å². The molecule has 1 N–H and O–H groups in total. The fraction of sp³-hybridized carbons (Fsp3) is 0.200. The molecule has 0 aromatic heterocycles. The Kier molecular flexibility index (Phi) is 7.66. The van der Waals surface area contributed by atoms with E-state index in [4.69, 9.17) is 49.6 Å². The zero-order chi connectivity index (χ0) is 20.8. The summed E-state index contributed by atoms with van der Waals surface area (Å²) in [6.45, 7) is 2.96. The van der Waals surface area contributed by atoms with Gasteiger partial charge in [-0.15, -0.1) is 0 Å². The molecule has 2 aromatic carbocycles. The fourth-order valence-corrected chi connectivity index (χ4v) is 3.98. The SMILES string of the molecule is CCOc1cc(C=C2SC(=S)NC2=O)ccc1OCCOc1ccc(Cl)cc1Cl. The third-order valence-electron chi connectivity index (χ3n) is 3.70. The van der Waals surface area contributed by atoms with Crippen LogP contribution in [-0.4, -0.2) is 30.0 Å². The third kappa shape index (κ3) is 6.02. The molecule has 29 heavy (non-hydrogen) atoms. The standard InChI is InChI=1S/C20H17Cl2NO4S2/c1-2-25-17-9-12(10-18-19(24)23-20(28)29-18)3-5-16(17)27-8-7-26-15-6-4-13(21)11-14(15)22/h3-6,9-11H,2,7-8H2,1H3,(H,23,24,28). The number of hydrogen-bond acceptors (Lipinski definition) is 6. The Hall–Kier alpha value is -1.93. The average molecular weight is 470 g/mol. The molecule has 1 amide bonds. The highest BCUT2D eigenvalue weighted by atomic mass is 35.5. The Bertz CT molecular complexity index is 965. The van der Waals surface area contributed by atoms with Gasteiger partial charge in [-0.2, -0.15) is 0 Å². The van der Waals surface area contributed by atoms with E-state index in [1.165, 1.54) is 11.8 Å². The predicted molar refractivity (Wildman–Crippen MR) is 121 cm³/mol. The van der Waals surface area contributed by atoms with Gasteiger partial charge in [0.15, 0.2) is 11.5 Å². The predicted octanol–water partition coefficient (Wildman–Crippen LogP) is 5.34. The first-order chi connectivity index (χ1) is 14.0. The van der Waals surface area contributed by atoms with E-state index in [0.717, 1.165) is 5.56 Å². The molecule has 0 bridgehead atoms. The van der Waals surface area contributed by atoms with Crippen LogP contribution >= 0.6 is 47.2 Å². The van der Waals surface area contributed by atoms with Crippen molar-refractivity contribution in [3.05, 3.63) is 56.9 Å². The lowest BCUT2D eigenvalue weighted by Gasteiger charge is -2.13. The molecule has 152 valence electrons. The lowest BCUT2D eigenvalue weighted by Crippen LogP contribution is -2.17. The summed E-state index contributed by atoms with van der Waals surface area (Å²) < 4.78 is 17.5. The molecule has 0 saturated carbocycles. The largest absolute Gasteiger partial charge is 0.490 e. The van der Waals surface area contributed by atoms with Gasteiger partial charge in [0.1, 0.15) is 23.3 Å². The smallest absolute Gasteiger partial charge is 0.263 e. The van der Waals surface area contributed by atoms with E-state index < -0.39 is 0 Å². The number of ether oxygens (including phenoxy) is 3. The van der Waals surface area contributed by atoms with E-state index in [1.54, 1.807) is 30.3 Å². The van der Waals surface area contributed by atoms with Crippen molar-refractivity contribution in [1.82, 2.24) is 5.32 Å². The molecule has 1 aliphatic rings. The molecule has 0 radical (unpaired) electrons. The van der Waals surface area contributed by atoms with E-state index in [0.29, 0.717) is 56.3 Å². The summed E-state index contributed by atoms with van der Waals surface area (Å²) in [5.74, 6) is 1.50. The molecule has 1 aliphatic heterocycles. The van der Waals surface area contributed by atoms with Gasteiger partial charge in [0.05, 0.1) is 16.5 Å². The molecule has 2 aromatic rings. The van der Waals surface area contributed by atoms with Gasteiger partial charge in [0, 0.05) is 5.02 Å². The van der Waals surface area contributed by atoms with E-state index >= 15 is 0 Å². The summed E-state index contributed by atoms with van der Waals surface area (Å²) in [5.41, 5.74) is 0.812. The average Bonchev–Trinajstić information content (AvgIpc) is 2.99. The highest BCUT2D eigenvalue weighted by Crippen LogP contribution is 2.32. The van der Waals surface area contributed by atoms with E-state index in [1.807, 2.05) is 19.1 Å². The highest BCUT2D eigenvalue weighted by molar-refractivity contribution is 8.26. The van der Waals surface area contributed by atoms with Crippen LogP contribution < -0.4 is 19.5 Å². The molecule has 1 saturated heterocycles. The van der Waals surface area contributed by atoms with Crippen LogP contribution in [-0.2, 0) is 4.79 Å². The van der Waals surface area contributed by atoms with E-state index in [2.05, 4.69) is 5.32 Å². The minimum Gasteiger partial charge on any atom is -0.490 e. The van der Waals surface area contributed by atoms with Crippen LogP contribution in [0.25, 0.3) is 6.08 Å². The van der Waals surface area contributed by atoms with Crippen molar-refractivity contribution in [3.63, 3.8) is 0 Å². The number of amides is 1. The van der Waals surface area contributed by atoms with Gasteiger partial charge in [0.25, 0.3) is 5.91 Å². The number of thioether (sulfide) groups is 1. The number of benzene rings is 2. The molecule has 0 unspecified atom stereocenters. The number of hydrogen-bond donors (Lipinski definition) is 1. The number of rotatable bonds is 8. The Morgan fingerprint density at radius 1 is 1.03 bits per heavy atom. The number of halogens is 2. The topological polar surface area (TPSA) is 56.8 Å². The molecule has 9 heteroatoms. The van der Waals surface area contributed by atoms with Crippen LogP contribution in [0.1, 0.15) is 12.5 Å². The lowest BCUT2D eigenvalue weighted by atomic mass is 10.2. The number of carbonyl (C=O) groups is 1. The Balaban J connectivity index is 1.63. The van der Waals surface area contributed by atoms with Gasteiger partial charge in [-0.3, -0.25) is 4.79 Å². The normalized spacial score (nSPS) is 14.8. The molecule has 5 nitrogen and oxygen atoms in total. The summed E-state index contributed by atoms with van der Waals surface area (Å²) in [7, 11) is 0. The molecule has 0 aliphatic carbocycles. The fourth-order valence-electron chi connectivity index (χ4n) is 2.47. The third-order valence-corrected chi connectivity index (χ3v) is 5.39. The van der Waals surface area contributed by atoms with Crippen molar-refractivity contribution < 1.29 is 19.0 Å².